The van der Waals surface area contributed by atoms with Crippen LogP contribution in [-0.2, 0) is 0 Å². The third-order valence-electron chi connectivity index (χ3n) is 3.56. The largest absolute Gasteiger partial charge is 0.398 e. The van der Waals surface area contributed by atoms with E-state index in [4.69, 9.17) is 5.73 Å². The van der Waals surface area contributed by atoms with Crippen LogP contribution in [0.15, 0.2) is 28.7 Å². The van der Waals surface area contributed by atoms with E-state index in [0.717, 1.165) is 26.7 Å². The van der Waals surface area contributed by atoms with Crippen LogP contribution >= 0.6 is 15.9 Å². The highest BCUT2D eigenvalue weighted by atomic mass is 79.9. The lowest BCUT2D eigenvalue weighted by molar-refractivity contribution is 0.103. The zero-order valence-electron chi connectivity index (χ0n) is 12.2. The number of anilines is 1. The molecule has 0 aliphatic rings. The van der Waals surface area contributed by atoms with Gasteiger partial charge < -0.3 is 5.73 Å². The van der Waals surface area contributed by atoms with E-state index >= 15 is 0 Å². The topological polar surface area (TPSA) is 43.1 Å². The standard InChI is InChI=1S/C17H18BrNO/c1-9-5-10(2)16(11(3)6-9)17(20)14-7-13(18)8-15(19)12(14)4/h5-8H,19H2,1-4H3. The lowest BCUT2D eigenvalue weighted by atomic mass is 9.91. The van der Waals surface area contributed by atoms with E-state index in [-0.39, 0.29) is 5.78 Å². The van der Waals surface area contributed by atoms with Gasteiger partial charge >= 0.3 is 0 Å². The molecule has 20 heavy (non-hydrogen) atoms. The Morgan fingerprint density at radius 1 is 1.00 bits per heavy atom. The average Bonchev–Trinajstić information content (AvgIpc) is 2.32. The van der Waals surface area contributed by atoms with Crippen molar-refractivity contribution in [2.75, 3.05) is 5.73 Å². The van der Waals surface area contributed by atoms with Crippen molar-refractivity contribution in [3.63, 3.8) is 0 Å². The Bertz CT molecular complexity index is 681. The summed E-state index contributed by atoms with van der Waals surface area (Å²) >= 11 is 3.40. The van der Waals surface area contributed by atoms with Crippen LogP contribution in [0.1, 0.15) is 38.2 Å². The second-order valence-electron chi connectivity index (χ2n) is 5.27. The average molecular weight is 332 g/mol. The molecule has 0 unspecified atom stereocenters. The van der Waals surface area contributed by atoms with Gasteiger partial charge in [-0.3, -0.25) is 4.79 Å². The summed E-state index contributed by atoms with van der Waals surface area (Å²) in [5.74, 6) is 0.0329. The van der Waals surface area contributed by atoms with Crippen molar-refractivity contribution in [1.29, 1.82) is 0 Å². The molecule has 0 spiro atoms. The molecule has 0 atom stereocenters. The zero-order valence-corrected chi connectivity index (χ0v) is 13.8. The maximum atomic E-state index is 12.8. The van der Waals surface area contributed by atoms with Gasteiger partial charge in [0.2, 0.25) is 0 Å². The molecule has 0 aliphatic carbocycles. The number of carbonyl (C=O) groups is 1. The molecule has 2 rings (SSSR count). The summed E-state index contributed by atoms with van der Waals surface area (Å²) in [6, 6.07) is 7.74. The summed E-state index contributed by atoms with van der Waals surface area (Å²) in [6.45, 7) is 7.87. The van der Waals surface area contributed by atoms with Crippen LogP contribution < -0.4 is 5.73 Å². The maximum absolute atomic E-state index is 12.8. The fraction of sp³-hybridized carbons (Fsp3) is 0.235. The molecule has 3 heteroatoms. The van der Waals surface area contributed by atoms with E-state index in [2.05, 4.69) is 15.9 Å². The van der Waals surface area contributed by atoms with Crippen LogP contribution in [0.5, 0.6) is 0 Å². The second-order valence-corrected chi connectivity index (χ2v) is 6.19. The molecular weight excluding hydrogens is 314 g/mol. The molecule has 0 aromatic heterocycles. The number of aryl methyl sites for hydroxylation is 3. The van der Waals surface area contributed by atoms with Crippen LogP contribution in [0.2, 0.25) is 0 Å². The highest BCUT2D eigenvalue weighted by molar-refractivity contribution is 9.10. The van der Waals surface area contributed by atoms with Gasteiger partial charge in [-0.05, 0) is 56.5 Å². The highest BCUT2D eigenvalue weighted by Gasteiger charge is 2.18. The summed E-state index contributed by atoms with van der Waals surface area (Å²) in [7, 11) is 0. The molecule has 0 amide bonds. The minimum Gasteiger partial charge on any atom is -0.398 e. The quantitative estimate of drug-likeness (QED) is 0.650. The predicted octanol–water partition coefficient (Wildman–Crippen LogP) is 4.50. The molecule has 0 fully saturated rings. The van der Waals surface area contributed by atoms with E-state index in [1.54, 1.807) is 0 Å². The van der Waals surface area contributed by atoms with Gasteiger partial charge in [0.1, 0.15) is 0 Å². The molecule has 2 aromatic rings. The number of nitrogen functional groups attached to an aromatic ring is 1. The summed E-state index contributed by atoms with van der Waals surface area (Å²) in [6.07, 6.45) is 0. The van der Waals surface area contributed by atoms with Gasteiger partial charge in [0.25, 0.3) is 0 Å². The van der Waals surface area contributed by atoms with Gasteiger partial charge in [-0.25, -0.2) is 0 Å². The third-order valence-corrected chi connectivity index (χ3v) is 4.02. The van der Waals surface area contributed by atoms with Crippen molar-refractivity contribution < 1.29 is 4.79 Å². The van der Waals surface area contributed by atoms with E-state index in [1.165, 1.54) is 5.56 Å². The number of rotatable bonds is 2. The Balaban J connectivity index is 2.64. The summed E-state index contributed by atoms with van der Waals surface area (Å²) < 4.78 is 0.825. The Kier molecular flexibility index (Phi) is 4.00. The van der Waals surface area contributed by atoms with Crippen LogP contribution in [0.25, 0.3) is 0 Å². The van der Waals surface area contributed by atoms with E-state index in [0.29, 0.717) is 11.3 Å². The number of ketones is 1. The van der Waals surface area contributed by atoms with Crippen molar-refractivity contribution >= 4 is 27.4 Å². The minimum absolute atomic E-state index is 0.0329. The first kappa shape index (κ1) is 14.8. The molecule has 2 N–H and O–H groups in total. The number of hydrogen-bond donors (Lipinski definition) is 1. The second kappa shape index (κ2) is 5.41. The number of carbonyl (C=O) groups excluding carboxylic acids is 1. The third kappa shape index (κ3) is 2.63. The van der Waals surface area contributed by atoms with Crippen molar-refractivity contribution in [2.45, 2.75) is 27.7 Å². The normalized spacial score (nSPS) is 10.7. The van der Waals surface area contributed by atoms with Gasteiger partial charge in [0, 0.05) is 21.3 Å². The molecule has 0 saturated heterocycles. The summed E-state index contributed by atoms with van der Waals surface area (Å²) in [5, 5.41) is 0. The first-order chi connectivity index (χ1) is 9.31. The monoisotopic (exact) mass is 331 g/mol. The van der Waals surface area contributed by atoms with Gasteiger partial charge in [-0.15, -0.1) is 0 Å². The fourth-order valence-electron chi connectivity index (χ4n) is 2.61. The van der Waals surface area contributed by atoms with Gasteiger partial charge in [0.15, 0.2) is 5.78 Å². The van der Waals surface area contributed by atoms with E-state index < -0.39 is 0 Å². The molecule has 0 aliphatic heterocycles. The van der Waals surface area contributed by atoms with Crippen molar-refractivity contribution in [1.82, 2.24) is 0 Å². The Morgan fingerprint density at radius 3 is 2.10 bits per heavy atom. The molecule has 2 nitrogen and oxygen atoms in total. The molecule has 0 saturated carbocycles. The summed E-state index contributed by atoms with van der Waals surface area (Å²) in [5.41, 5.74) is 12.0. The molecule has 0 heterocycles. The van der Waals surface area contributed by atoms with Crippen molar-refractivity contribution in [3.05, 3.63) is 62.1 Å². The van der Waals surface area contributed by atoms with E-state index in [1.807, 2.05) is 52.0 Å². The van der Waals surface area contributed by atoms with Crippen LogP contribution in [-0.4, -0.2) is 5.78 Å². The first-order valence-corrected chi connectivity index (χ1v) is 7.28. The van der Waals surface area contributed by atoms with Crippen molar-refractivity contribution in [2.24, 2.45) is 0 Å². The minimum atomic E-state index is 0.0329. The van der Waals surface area contributed by atoms with E-state index in [9.17, 15) is 4.79 Å². The first-order valence-electron chi connectivity index (χ1n) is 6.49. The van der Waals surface area contributed by atoms with Crippen LogP contribution in [0.3, 0.4) is 0 Å². The van der Waals surface area contributed by atoms with Gasteiger partial charge in [-0.2, -0.15) is 0 Å². The smallest absolute Gasteiger partial charge is 0.193 e. The zero-order chi connectivity index (χ0) is 15.0. The number of hydrogen-bond acceptors (Lipinski definition) is 2. The van der Waals surface area contributed by atoms with Gasteiger partial charge in [0.05, 0.1) is 0 Å². The number of halogens is 1. The Hall–Kier alpha value is -1.61. The molecule has 0 bridgehead atoms. The lowest BCUT2D eigenvalue weighted by Gasteiger charge is -2.13. The Morgan fingerprint density at radius 2 is 1.55 bits per heavy atom. The maximum Gasteiger partial charge on any atom is 0.193 e. The molecular formula is C17H18BrNO. The highest BCUT2D eigenvalue weighted by Crippen LogP contribution is 2.27. The predicted molar refractivity (Wildman–Crippen MR) is 87.4 cm³/mol. The molecule has 2 aromatic carbocycles. The SMILES string of the molecule is Cc1cc(C)c(C(=O)c2cc(Br)cc(N)c2C)c(C)c1. The summed E-state index contributed by atoms with van der Waals surface area (Å²) in [4.78, 5) is 12.8. The lowest BCUT2D eigenvalue weighted by Crippen LogP contribution is -2.10. The van der Waals surface area contributed by atoms with Gasteiger partial charge in [-0.1, -0.05) is 33.6 Å². The molecule has 0 radical (unpaired) electrons. The van der Waals surface area contributed by atoms with Crippen LogP contribution in [0, 0.1) is 27.7 Å². The Labute approximate surface area is 128 Å². The van der Waals surface area contributed by atoms with Crippen LogP contribution in [0.4, 0.5) is 5.69 Å². The van der Waals surface area contributed by atoms with Crippen molar-refractivity contribution in [3.8, 4) is 0 Å². The molecule has 104 valence electrons. The number of benzene rings is 2. The fourth-order valence-corrected chi connectivity index (χ4v) is 3.08. The number of nitrogens with two attached hydrogens (primary N) is 1.